The Bertz CT molecular complexity index is 1560. The van der Waals surface area contributed by atoms with Gasteiger partial charge in [0.2, 0.25) is 0 Å². The standard InChI is InChI=1S/C27H27BrN2O6S/c1-6-35-21-14-18(28)16(12-20(21)34-5)13-22-25(31)30-24(17-10-8-9-11-19(17)33-4)23(26(32)36-7-2)15(3)29-27(30)37-22/h8-14,24H,6-7H2,1-5H3. The van der Waals surface area contributed by atoms with Gasteiger partial charge in [-0.3, -0.25) is 9.36 Å². The third kappa shape index (κ3) is 5.08. The summed E-state index contributed by atoms with van der Waals surface area (Å²) < 4.78 is 24.8. The number of esters is 1. The molecule has 1 unspecified atom stereocenters. The summed E-state index contributed by atoms with van der Waals surface area (Å²) in [6.45, 7) is 6.08. The van der Waals surface area contributed by atoms with Crippen molar-refractivity contribution < 1.29 is 23.7 Å². The van der Waals surface area contributed by atoms with E-state index in [-0.39, 0.29) is 12.2 Å². The van der Waals surface area contributed by atoms with E-state index in [2.05, 4.69) is 20.9 Å². The van der Waals surface area contributed by atoms with E-state index in [1.807, 2.05) is 31.2 Å². The molecule has 0 aliphatic carbocycles. The molecule has 1 atom stereocenters. The van der Waals surface area contributed by atoms with E-state index in [9.17, 15) is 9.59 Å². The maximum absolute atomic E-state index is 13.9. The molecule has 194 valence electrons. The summed E-state index contributed by atoms with van der Waals surface area (Å²) in [7, 11) is 3.12. The second-order valence-electron chi connectivity index (χ2n) is 8.00. The van der Waals surface area contributed by atoms with Crippen LogP contribution in [0.3, 0.4) is 0 Å². The minimum absolute atomic E-state index is 0.201. The smallest absolute Gasteiger partial charge is 0.338 e. The molecule has 1 aromatic heterocycles. The van der Waals surface area contributed by atoms with Crippen LogP contribution < -0.4 is 29.1 Å². The molecule has 1 aliphatic rings. The van der Waals surface area contributed by atoms with Gasteiger partial charge in [-0.25, -0.2) is 9.79 Å². The molecule has 4 rings (SSSR count). The third-order valence-electron chi connectivity index (χ3n) is 5.82. The van der Waals surface area contributed by atoms with Gasteiger partial charge in [-0.15, -0.1) is 0 Å². The lowest BCUT2D eigenvalue weighted by atomic mass is 9.95. The van der Waals surface area contributed by atoms with Crippen molar-refractivity contribution in [1.82, 2.24) is 4.57 Å². The van der Waals surface area contributed by atoms with Crippen molar-refractivity contribution in [3.05, 3.63) is 83.0 Å². The van der Waals surface area contributed by atoms with E-state index in [0.29, 0.717) is 50.0 Å². The number of aromatic nitrogens is 1. The summed E-state index contributed by atoms with van der Waals surface area (Å²) >= 11 is 4.82. The first-order chi connectivity index (χ1) is 17.8. The van der Waals surface area contributed by atoms with Crippen molar-refractivity contribution in [1.29, 1.82) is 0 Å². The second-order valence-corrected chi connectivity index (χ2v) is 9.87. The van der Waals surface area contributed by atoms with E-state index in [0.717, 1.165) is 10.0 Å². The number of thiazole rings is 1. The van der Waals surface area contributed by atoms with E-state index in [1.165, 1.54) is 15.9 Å². The van der Waals surface area contributed by atoms with Crippen LogP contribution in [0.1, 0.15) is 37.9 Å². The Hall–Kier alpha value is -3.37. The lowest BCUT2D eigenvalue weighted by molar-refractivity contribution is -0.139. The Morgan fingerprint density at radius 2 is 1.84 bits per heavy atom. The monoisotopic (exact) mass is 586 g/mol. The number of halogens is 1. The number of hydrogen-bond donors (Lipinski definition) is 0. The fourth-order valence-corrected chi connectivity index (χ4v) is 5.68. The molecule has 1 aliphatic heterocycles. The van der Waals surface area contributed by atoms with E-state index >= 15 is 0 Å². The molecule has 2 aromatic carbocycles. The van der Waals surface area contributed by atoms with Gasteiger partial charge < -0.3 is 18.9 Å². The number of fused-ring (bicyclic) bond motifs is 1. The number of hydrogen-bond acceptors (Lipinski definition) is 8. The highest BCUT2D eigenvalue weighted by molar-refractivity contribution is 9.10. The number of para-hydroxylation sites is 1. The van der Waals surface area contributed by atoms with Crippen molar-refractivity contribution in [2.45, 2.75) is 26.8 Å². The SMILES string of the molecule is CCOC(=O)C1=C(C)N=c2sc(=Cc3cc(OC)c(OCC)cc3Br)c(=O)n2C1c1ccccc1OC. The largest absolute Gasteiger partial charge is 0.496 e. The van der Waals surface area contributed by atoms with Gasteiger partial charge in [0.1, 0.15) is 11.8 Å². The van der Waals surface area contributed by atoms with Crippen LogP contribution in [0.4, 0.5) is 0 Å². The number of benzene rings is 2. The maximum Gasteiger partial charge on any atom is 0.338 e. The Kier molecular flexibility index (Phi) is 8.19. The highest BCUT2D eigenvalue weighted by Crippen LogP contribution is 2.36. The highest BCUT2D eigenvalue weighted by Gasteiger charge is 2.35. The molecule has 0 spiro atoms. The number of carbonyl (C=O) groups excluding carboxylic acids is 1. The van der Waals surface area contributed by atoms with Crippen molar-refractivity contribution in [2.75, 3.05) is 27.4 Å². The van der Waals surface area contributed by atoms with Crippen molar-refractivity contribution in [3.8, 4) is 17.2 Å². The van der Waals surface area contributed by atoms with Crippen LogP contribution in [0.25, 0.3) is 6.08 Å². The Balaban J connectivity index is 1.96. The topological polar surface area (TPSA) is 88.4 Å². The number of rotatable bonds is 8. The van der Waals surface area contributed by atoms with E-state index < -0.39 is 12.0 Å². The van der Waals surface area contributed by atoms with E-state index in [1.54, 1.807) is 46.3 Å². The first-order valence-electron chi connectivity index (χ1n) is 11.7. The van der Waals surface area contributed by atoms with Gasteiger partial charge >= 0.3 is 5.97 Å². The minimum Gasteiger partial charge on any atom is -0.496 e. The highest BCUT2D eigenvalue weighted by atomic mass is 79.9. The first-order valence-corrected chi connectivity index (χ1v) is 13.3. The molecular formula is C27H27BrN2O6S. The average molecular weight is 587 g/mol. The normalized spacial score (nSPS) is 15.2. The molecule has 2 heterocycles. The predicted molar refractivity (Wildman–Crippen MR) is 145 cm³/mol. The Morgan fingerprint density at radius 1 is 1.11 bits per heavy atom. The average Bonchev–Trinajstić information content (AvgIpc) is 3.19. The lowest BCUT2D eigenvalue weighted by Gasteiger charge is -2.25. The molecule has 0 radical (unpaired) electrons. The van der Waals surface area contributed by atoms with Crippen LogP contribution in [0, 0.1) is 0 Å². The molecule has 0 saturated carbocycles. The minimum atomic E-state index is -0.757. The number of carbonyl (C=O) groups is 1. The van der Waals surface area contributed by atoms with Gasteiger partial charge in [0, 0.05) is 10.0 Å². The molecule has 10 heteroatoms. The number of allylic oxidation sites excluding steroid dienone is 1. The van der Waals surface area contributed by atoms with Crippen LogP contribution in [-0.4, -0.2) is 38.0 Å². The van der Waals surface area contributed by atoms with Crippen LogP contribution in [-0.2, 0) is 9.53 Å². The fraction of sp³-hybridized carbons (Fsp3) is 0.296. The van der Waals surface area contributed by atoms with Gasteiger partial charge in [-0.2, -0.15) is 0 Å². The number of methoxy groups -OCH3 is 2. The zero-order valence-electron chi connectivity index (χ0n) is 21.2. The molecule has 0 N–H and O–H groups in total. The number of nitrogens with zero attached hydrogens (tertiary/aromatic N) is 2. The Labute approximate surface area is 226 Å². The van der Waals surface area contributed by atoms with Gasteiger partial charge in [0.25, 0.3) is 5.56 Å². The summed E-state index contributed by atoms with van der Waals surface area (Å²) in [5.41, 5.74) is 1.91. The third-order valence-corrected chi connectivity index (χ3v) is 7.49. The van der Waals surface area contributed by atoms with Crippen LogP contribution in [0.15, 0.2) is 61.9 Å². The maximum atomic E-state index is 13.9. The molecule has 3 aromatic rings. The first kappa shape index (κ1) is 26.7. The summed E-state index contributed by atoms with van der Waals surface area (Å²) in [6, 6.07) is 10.2. The van der Waals surface area contributed by atoms with Crippen molar-refractivity contribution in [2.24, 2.45) is 4.99 Å². The van der Waals surface area contributed by atoms with Gasteiger partial charge in [0.15, 0.2) is 16.3 Å². The van der Waals surface area contributed by atoms with Gasteiger partial charge in [0.05, 0.1) is 43.2 Å². The molecule has 8 nitrogen and oxygen atoms in total. The van der Waals surface area contributed by atoms with Crippen LogP contribution in [0.5, 0.6) is 17.2 Å². The van der Waals surface area contributed by atoms with E-state index in [4.69, 9.17) is 18.9 Å². The summed E-state index contributed by atoms with van der Waals surface area (Å²) in [4.78, 5) is 32.0. The lowest BCUT2D eigenvalue weighted by Crippen LogP contribution is -2.40. The molecule has 0 bridgehead atoms. The molecule has 0 amide bonds. The molecule has 0 saturated heterocycles. The number of ether oxygens (including phenoxy) is 4. The molecule has 0 fully saturated rings. The van der Waals surface area contributed by atoms with Gasteiger partial charge in [-0.1, -0.05) is 45.5 Å². The summed E-state index contributed by atoms with van der Waals surface area (Å²) in [5, 5.41) is 0. The zero-order valence-corrected chi connectivity index (χ0v) is 23.6. The van der Waals surface area contributed by atoms with Crippen LogP contribution in [0.2, 0.25) is 0 Å². The quantitative estimate of drug-likeness (QED) is 0.371. The summed E-state index contributed by atoms with van der Waals surface area (Å²) in [5.74, 6) is 1.18. The Morgan fingerprint density at radius 3 is 2.51 bits per heavy atom. The fourth-order valence-electron chi connectivity index (χ4n) is 4.21. The molecular weight excluding hydrogens is 560 g/mol. The second kappa shape index (κ2) is 11.4. The van der Waals surface area contributed by atoms with Crippen molar-refractivity contribution in [3.63, 3.8) is 0 Å². The predicted octanol–water partition coefficient (Wildman–Crippen LogP) is 3.98. The van der Waals surface area contributed by atoms with Crippen molar-refractivity contribution >= 4 is 39.3 Å². The van der Waals surface area contributed by atoms with Gasteiger partial charge in [-0.05, 0) is 50.6 Å². The molecule has 37 heavy (non-hydrogen) atoms. The van der Waals surface area contributed by atoms with Crippen LogP contribution >= 0.6 is 27.3 Å². The summed E-state index contributed by atoms with van der Waals surface area (Å²) in [6.07, 6.45) is 1.77. The zero-order chi connectivity index (χ0) is 26.7.